The summed E-state index contributed by atoms with van der Waals surface area (Å²) in [5, 5.41) is 7.58. The molecule has 1 unspecified atom stereocenters. The number of carbonyl (C=O) groups is 1. The highest BCUT2D eigenvalue weighted by atomic mass is 16.2. The number of amides is 1. The van der Waals surface area contributed by atoms with E-state index in [9.17, 15) is 4.79 Å². The zero-order valence-corrected chi connectivity index (χ0v) is 13.3. The summed E-state index contributed by atoms with van der Waals surface area (Å²) in [4.78, 5) is 12.5. The molecule has 0 radical (unpaired) electrons. The number of rotatable bonds is 6. The van der Waals surface area contributed by atoms with Crippen molar-refractivity contribution in [1.82, 2.24) is 15.1 Å². The summed E-state index contributed by atoms with van der Waals surface area (Å²) < 4.78 is 1.78. The molecule has 1 aliphatic rings. The van der Waals surface area contributed by atoms with Crippen LogP contribution in [0.25, 0.3) is 0 Å². The Morgan fingerprint density at radius 3 is 2.71 bits per heavy atom. The monoisotopic (exact) mass is 292 g/mol. The lowest BCUT2D eigenvalue weighted by Gasteiger charge is -2.30. The van der Waals surface area contributed by atoms with Gasteiger partial charge in [0, 0.05) is 19.1 Å². The highest BCUT2D eigenvalue weighted by Gasteiger charge is 2.25. The van der Waals surface area contributed by atoms with Gasteiger partial charge in [0.25, 0.3) is 5.91 Å². The third kappa shape index (κ3) is 3.84. The Hall–Kier alpha value is -1.36. The first-order valence-corrected chi connectivity index (χ1v) is 8.27. The van der Waals surface area contributed by atoms with E-state index in [0.29, 0.717) is 24.7 Å². The number of hydrogen-bond donors (Lipinski definition) is 2. The summed E-state index contributed by atoms with van der Waals surface area (Å²) in [6.45, 7) is 5.27. The Kier molecular flexibility index (Phi) is 5.79. The van der Waals surface area contributed by atoms with Gasteiger partial charge in [0.1, 0.15) is 5.69 Å². The van der Waals surface area contributed by atoms with Gasteiger partial charge in [-0.25, -0.2) is 0 Å². The Bertz CT molecular complexity index is 463. The molecule has 5 nitrogen and oxygen atoms in total. The molecule has 0 spiro atoms. The summed E-state index contributed by atoms with van der Waals surface area (Å²) in [5.41, 5.74) is 7.51. The minimum Gasteiger partial charge on any atom is -0.346 e. The number of hydrogen-bond acceptors (Lipinski definition) is 3. The molecule has 0 saturated heterocycles. The average Bonchev–Trinajstić information content (AvgIpc) is 2.96. The van der Waals surface area contributed by atoms with Crippen LogP contribution in [0, 0.1) is 5.92 Å². The SMILES string of the molecule is CCc1cc(C(=O)NC(CN)C2CCCCC2)n(CC)n1. The van der Waals surface area contributed by atoms with Crippen molar-refractivity contribution in [3.8, 4) is 0 Å². The highest BCUT2D eigenvalue weighted by Crippen LogP contribution is 2.26. The Balaban J connectivity index is 2.06. The van der Waals surface area contributed by atoms with Crippen LogP contribution < -0.4 is 11.1 Å². The molecule has 1 atom stereocenters. The first-order valence-electron chi connectivity index (χ1n) is 8.27. The van der Waals surface area contributed by atoms with Gasteiger partial charge in [-0.05, 0) is 38.2 Å². The third-order valence-electron chi connectivity index (χ3n) is 4.51. The Morgan fingerprint density at radius 2 is 2.14 bits per heavy atom. The summed E-state index contributed by atoms with van der Waals surface area (Å²) in [5.74, 6) is 0.487. The van der Waals surface area contributed by atoms with Gasteiger partial charge in [-0.2, -0.15) is 5.10 Å². The second-order valence-corrected chi connectivity index (χ2v) is 5.90. The fourth-order valence-electron chi connectivity index (χ4n) is 3.21. The van der Waals surface area contributed by atoms with Crippen molar-refractivity contribution in [1.29, 1.82) is 0 Å². The second kappa shape index (κ2) is 7.59. The van der Waals surface area contributed by atoms with E-state index in [1.54, 1.807) is 4.68 Å². The maximum absolute atomic E-state index is 12.5. The number of aromatic nitrogens is 2. The zero-order chi connectivity index (χ0) is 15.2. The van der Waals surface area contributed by atoms with E-state index in [2.05, 4.69) is 17.3 Å². The van der Waals surface area contributed by atoms with Crippen LogP contribution in [0.1, 0.15) is 62.1 Å². The van der Waals surface area contributed by atoms with Crippen LogP contribution in [0.5, 0.6) is 0 Å². The largest absolute Gasteiger partial charge is 0.346 e. The van der Waals surface area contributed by atoms with Crippen molar-refractivity contribution < 1.29 is 4.79 Å². The first kappa shape index (κ1) is 16.0. The standard InChI is InChI=1S/C16H28N4O/c1-3-13-10-15(20(4-2)19-13)16(21)18-14(11-17)12-8-6-5-7-9-12/h10,12,14H,3-9,11,17H2,1-2H3,(H,18,21). The molecule has 1 aromatic heterocycles. The van der Waals surface area contributed by atoms with Gasteiger partial charge in [-0.1, -0.05) is 26.2 Å². The van der Waals surface area contributed by atoms with Crippen LogP contribution in [0.3, 0.4) is 0 Å². The Morgan fingerprint density at radius 1 is 1.43 bits per heavy atom. The van der Waals surface area contributed by atoms with Crippen molar-refractivity contribution in [2.45, 2.75) is 65.0 Å². The predicted octanol–water partition coefficient (Wildman–Crippen LogP) is 2.10. The summed E-state index contributed by atoms with van der Waals surface area (Å²) >= 11 is 0. The van der Waals surface area contributed by atoms with Crippen LogP contribution in [0.2, 0.25) is 0 Å². The maximum atomic E-state index is 12.5. The summed E-state index contributed by atoms with van der Waals surface area (Å²) in [6, 6.07) is 1.98. The first-order chi connectivity index (χ1) is 10.2. The van der Waals surface area contributed by atoms with E-state index in [-0.39, 0.29) is 11.9 Å². The third-order valence-corrected chi connectivity index (χ3v) is 4.51. The molecule has 21 heavy (non-hydrogen) atoms. The Labute approximate surface area is 127 Å². The lowest BCUT2D eigenvalue weighted by atomic mass is 9.84. The van der Waals surface area contributed by atoms with E-state index < -0.39 is 0 Å². The second-order valence-electron chi connectivity index (χ2n) is 5.90. The molecule has 118 valence electrons. The smallest absolute Gasteiger partial charge is 0.269 e. The summed E-state index contributed by atoms with van der Waals surface area (Å²) in [6.07, 6.45) is 7.01. The molecule has 1 aliphatic carbocycles. The van der Waals surface area contributed by atoms with Gasteiger partial charge in [-0.3, -0.25) is 9.48 Å². The number of nitrogens with two attached hydrogens (primary N) is 1. The average molecular weight is 292 g/mol. The van der Waals surface area contributed by atoms with Crippen molar-refractivity contribution in [2.75, 3.05) is 6.54 Å². The summed E-state index contributed by atoms with van der Waals surface area (Å²) in [7, 11) is 0. The van der Waals surface area contributed by atoms with Crippen molar-refractivity contribution in [2.24, 2.45) is 11.7 Å². The van der Waals surface area contributed by atoms with Crippen molar-refractivity contribution in [3.05, 3.63) is 17.5 Å². The fourth-order valence-corrected chi connectivity index (χ4v) is 3.21. The van der Waals surface area contributed by atoms with E-state index >= 15 is 0 Å². The minimum atomic E-state index is -0.0370. The molecule has 1 heterocycles. The number of aryl methyl sites for hydroxylation is 2. The van der Waals surface area contributed by atoms with Gasteiger partial charge in [-0.15, -0.1) is 0 Å². The van der Waals surface area contributed by atoms with Crippen molar-refractivity contribution >= 4 is 5.91 Å². The van der Waals surface area contributed by atoms with Crippen LogP contribution in [-0.4, -0.2) is 28.3 Å². The van der Waals surface area contributed by atoms with Crippen LogP contribution >= 0.6 is 0 Å². The normalized spacial score (nSPS) is 17.7. The lowest BCUT2D eigenvalue weighted by molar-refractivity contribution is 0.0904. The predicted molar refractivity (Wildman–Crippen MR) is 84.2 cm³/mol. The molecule has 1 saturated carbocycles. The molecule has 3 N–H and O–H groups in total. The quantitative estimate of drug-likeness (QED) is 0.843. The van der Waals surface area contributed by atoms with E-state index in [0.717, 1.165) is 12.1 Å². The molecule has 0 aromatic carbocycles. The molecule has 1 fully saturated rings. The van der Waals surface area contributed by atoms with E-state index in [4.69, 9.17) is 5.73 Å². The molecular formula is C16H28N4O. The van der Waals surface area contributed by atoms with E-state index in [1.807, 2.05) is 13.0 Å². The molecular weight excluding hydrogens is 264 g/mol. The minimum absolute atomic E-state index is 0.0370. The molecule has 2 rings (SSSR count). The molecule has 1 amide bonds. The molecule has 5 heteroatoms. The highest BCUT2D eigenvalue weighted by molar-refractivity contribution is 5.92. The van der Waals surface area contributed by atoms with Crippen LogP contribution in [-0.2, 0) is 13.0 Å². The topological polar surface area (TPSA) is 72.9 Å². The van der Waals surface area contributed by atoms with Crippen LogP contribution in [0.15, 0.2) is 6.07 Å². The molecule has 0 bridgehead atoms. The number of nitrogens with zero attached hydrogens (tertiary/aromatic N) is 2. The number of carbonyl (C=O) groups excluding carboxylic acids is 1. The van der Waals surface area contributed by atoms with Crippen molar-refractivity contribution in [3.63, 3.8) is 0 Å². The van der Waals surface area contributed by atoms with Gasteiger partial charge in [0.15, 0.2) is 0 Å². The van der Waals surface area contributed by atoms with Gasteiger partial charge >= 0.3 is 0 Å². The fraction of sp³-hybridized carbons (Fsp3) is 0.750. The lowest BCUT2D eigenvalue weighted by Crippen LogP contribution is -2.46. The molecule has 1 aromatic rings. The zero-order valence-electron chi connectivity index (χ0n) is 13.3. The van der Waals surface area contributed by atoms with Crippen LogP contribution in [0.4, 0.5) is 0 Å². The molecule has 0 aliphatic heterocycles. The van der Waals surface area contributed by atoms with Gasteiger partial charge in [0.2, 0.25) is 0 Å². The van der Waals surface area contributed by atoms with E-state index in [1.165, 1.54) is 32.1 Å². The maximum Gasteiger partial charge on any atom is 0.269 e. The van der Waals surface area contributed by atoms with Gasteiger partial charge < -0.3 is 11.1 Å². The van der Waals surface area contributed by atoms with Gasteiger partial charge in [0.05, 0.1) is 5.69 Å². The number of nitrogens with one attached hydrogen (secondary N) is 1.